The Bertz CT molecular complexity index is 1030. The van der Waals surface area contributed by atoms with E-state index in [0.29, 0.717) is 31.1 Å². The van der Waals surface area contributed by atoms with E-state index in [4.69, 9.17) is 24.9 Å². The van der Waals surface area contributed by atoms with Gasteiger partial charge in [-0.3, -0.25) is 20.0 Å². The predicted molar refractivity (Wildman–Crippen MR) is 138 cm³/mol. The van der Waals surface area contributed by atoms with E-state index in [0.717, 1.165) is 47.3 Å². The van der Waals surface area contributed by atoms with Gasteiger partial charge < -0.3 is 19.7 Å². The SMILES string of the molecule is C/C=C(\C=C/CNC(C(=O)NSN)c1cc(OCC)c2oc(CCC)cc2c1)C(/N)=N/OCC. The van der Waals surface area contributed by atoms with Crippen LogP contribution in [0.1, 0.15) is 51.5 Å². The average Bonchev–Trinajstić information content (AvgIpc) is 3.23. The van der Waals surface area contributed by atoms with Crippen molar-refractivity contribution < 1.29 is 18.8 Å². The van der Waals surface area contributed by atoms with Crippen LogP contribution in [0.25, 0.3) is 11.0 Å². The van der Waals surface area contributed by atoms with Crippen molar-refractivity contribution in [2.24, 2.45) is 16.0 Å². The summed E-state index contributed by atoms with van der Waals surface area (Å²) in [5.74, 6) is 1.49. The van der Waals surface area contributed by atoms with Gasteiger partial charge in [0.25, 0.3) is 5.91 Å². The minimum Gasteiger partial charge on any atom is -0.490 e. The smallest absolute Gasteiger partial charge is 0.252 e. The number of furan rings is 1. The number of ether oxygens (including phenoxy) is 1. The van der Waals surface area contributed by atoms with Crippen LogP contribution < -0.4 is 25.6 Å². The standard InChI is InChI=1S/C24H35N5O4S/c1-5-10-19-14-18-13-17(15-20(31-7-3)22(18)33-19)21(24(30)29-34-26)27-12-9-11-16(6-2)23(25)28-32-8-4/h6,9,11,13-15,21,27H,5,7-8,10,12,26H2,1-4H3,(H2,25,28)(H,29,30)/b11-9-,16-6+. The van der Waals surface area contributed by atoms with Crippen LogP contribution in [0.2, 0.25) is 0 Å². The van der Waals surface area contributed by atoms with E-state index in [-0.39, 0.29) is 11.7 Å². The molecule has 1 amide bonds. The lowest BCUT2D eigenvalue weighted by Crippen LogP contribution is -2.35. The number of hydrogen-bond donors (Lipinski definition) is 4. The number of oxime groups is 1. The molecule has 6 N–H and O–H groups in total. The lowest BCUT2D eigenvalue weighted by atomic mass is 10.0. The maximum Gasteiger partial charge on any atom is 0.252 e. The molecule has 0 saturated heterocycles. The zero-order chi connectivity index (χ0) is 24.9. The van der Waals surface area contributed by atoms with Crippen molar-refractivity contribution in [2.75, 3.05) is 19.8 Å². The van der Waals surface area contributed by atoms with Crippen molar-refractivity contribution in [1.82, 2.24) is 10.0 Å². The van der Waals surface area contributed by atoms with Crippen LogP contribution in [0.3, 0.4) is 0 Å². The summed E-state index contributed by atoms with van der Waals surface area (Å²) in [5.41, 5.74) is 8.08. The van der Waals surface area contributed by atoms with Crippen LogP contribution in [-0.2, 0) is 16.1 Å². The third kappa shape index (κ3) is 7.54. The highest BCUT2D eigenvalue weighted by atomic mass is 32.2. The summed E-state index contributed by atoms with van der Waals surface area (Å²) >= 11 is 0.758. The van der Waals surface area contributed by atoms with E-state index in [2.05, 4.69) is 22.1 Å². The first-order valence-electron chi connectivity index (χ1n) is 11.4. The van der Waals surface area contributed by atoms with Gasteiger partial charge in [-0.15, -0.1) is 0 Å². The number of nitrogens with zero attached hydrogens (tertiary/aromatic N) is 1. The molecule has 0 aliphatic heterocycles. The number of aryl methyl sites for hydroxylation is 1. The van der Waals surface area contributed by atoms with Gasteiger partial charge in [-0.1, -0.05) is 30.3 Å². The van der Waals surface area contributed by atoms with Gasteiger partial charge in [0.2, 0.25) is 0 Å². The fourth-order valence-corrected chi connectivity index (χ4v) is 3.60. The number of carbonyl (C=O) groups is 1. The van der Waals surface area contributed by atoms with Gasteiger partial charge in [0, 0.05) is 36.1 Å². The fourth-order valence-electron chi connectivity index (χ4n) is 3.36. The molecule has 0 aliphatic carbocycles. The van der Waals surface area contributed by atoms with Gasteiger partial charge in [0.05, 0.1) is 6.61 Å². The molecule has 1 unspecified atom stereocenters. The molecule has 9 nitrogen and oxygen atoms in total. The molecular formula is C24H35N5O4S. The van der Waals surface area contributed by atoms with Crippen molar-refractivity contribution in [3.05, 3.63) is 53.3 Å². The van der Waals surface area contributed by atoms with Gasteiger partial charge in [-0.05, 0) is 51.0 Å². The highest BCUT2D eigenvalue weighted by Crippen LogP contribution is 2.33. The van der Waals surface area contributed by atoms with Gasteiger partial charge in [-0.25, -0.2) is 0 Å². The Morgan fingerprint density at radius 1 is 1.26 bits per heavy atom. The second-order valence-electron chi connectivity index (χ2n) is 7.30. The molecule has 0 spiro atoms. The summed E-state index contributed by atoms with van der Waals surface area (Å²) in [4.78, 5) is 17.8. The molecule has 1 atom stereocenters. The molecule has 1 aromatic heterocycles. The Hall–Kier alpha value is -2.95. The Kier molecular flexibility index (Phi) is 11.5. The minimum absolute atomic E-state index is 0.274. The van der Waals surface area contributed by atoms with E-state index < -0.39 is 6.04 Å². The first-order valence-corrected chi connectivity index (χ1v) is 12.2. The van der Waals surface area contributed by atoms with E-state index in [1.165, 1.54) is 0 Å². The van der Waals surface area contributed by atoms with Crippen LogP contribution in [0.15, 0.2) is 51.6 Å². The second-order valence-corrected chi connectivity index (χ2v) is 7.74. The molecule has 0 fully saturated rings. The number of benzene rings is 1. The van der Waals surface area contributed by atoms with Gasteiger partial charge in [0.15, 0.2) is 17.2 Å². The van der Waals surface area contributed by atoms with Crippen LogP contribution >= 0.6 is 12.1 Å². The third-order valence-corrected chi connectivity index (χ3v) is 5.16. The van der Waals surface area contributed by atoms with Crippen LogP contribution in [0, 0.1) is 0 Å². The minimum atomic E-state index is -0.669. The molecule has 34 heavy (non-hydrogen) atoms. The summed E-state index contributed by atoms with van der Waals surface area (Å²) in [7, 11) is 0. The Morgan fingerprint density at radius 3 is 2.71 bits per heavy atom. The van der Waals surface area contributed by atoms with Crippen LogP contribution in [-0.4, -0.2) is 31.5 Å². The van der Waals surface area contributed by atoms with Gasteiger partial charge in [-0.2, -0.15) is 0 Å². The third-order valence-electron chi connectivity index (χ3n) is 4.84. The van der Waals surface area contributed by atoms with E-state index >= 15 is 0 Å². The zero-order valence-electron chi connectivity index (χ0n) is 20.2. The molecule has 1 aromatic carbocycles. The molecule has 0 saturated carbocycles. The van der Waals surface area contributed by atoms with E-state index in [1.54, 1.807) is 0 Å². The topological polar surface area (TPSA) is 137 Å². The molecule has 10 heteroatoms. The summed E-state index contributed by atoms with van der Waals surface area (Å²) in [6.45, 7) is 9.00. The molecule has 2 aromatic rings. The molecule has 0 radical (unpaired) electrons. The number of carbonyl (C=O) groups excluding carboxylic acids is 1. The van der Waals surface area contributed by atoms with E-state index in [1.807, 2.05) is 57.2 Å². The summed E-state index contributed by atoms with van der Waals surface area (Å²) in [6.07, 6.45) is 7.31. The van der Waals surface area contributed by atoms with Crippen molar-refractivity contribution in [1.29, 1.82) is 0 Å². The number of fused-ring (bicyclic) bond motifs is 1. The maximum absolute atomic E-state index is 12.8. The molecule has 2 rings (SSSR count). The largest absolute Gasteiger partial charge is 0.490 e. The lowest BCUT2D eigenvalue weighted by molar-refractivity contribution is -0.121. The number of nitrogens with two attached hydrogens (primary N) is 2. The Balaban J connectivity index is 2.31. The van der Waals surface area contributed by atoms with Crippen LogP contribution in [0.5, 0.6) is 5.75 Å². The molecule has 1 heterocycles. The maximum atomic E-state index is 12.8. The van der Waals surface area contributed by atoms with Crippen molar-refractivity contribution in [2.45, 2.75) is 46.6 Å². The Morgan fingerprint density at radius 2 is 2.06 bits per heavy atom. The van der Waals surface area contributed by atoms with E-state index in [9.17, 15) is 4.79 Å². The average molecular weight is 490 g/mol. The van der Waals surface area contributed by atoms with Gasteiger partial charge in [0.1, 0.15) is 18.4 Å². The van der Waals surface area contributed by atoms with Crippen molar-refractivity contribution in [3.63, 3.8) is 0 Å². The first-order chi connectivity index (χ1) is 16.5. The number of amides is 1. The van der Waals surface area contributed by atoms with Crippen molar-refractivity contribution in [3.8, 4) is 5.75 Å². The molecule has 0 bridgehead atoms. The predicted octanol–water partition coefficient (Wildman–Crippen LogP) is 3.86. The summed E-state index contributed by atoms with van der Waals surface area (Å²) in [5, 5.41) is 13.5. The summed E-state index contributed by atoms with van der Waals surface area (Å²) in [6, 6.07) is 5.10. The highest BCUT2D eigenvalue weighted by molar-refractivity contribution is 7.95. The lowest BCUT2D eigenvalue weighted by Gasteiger charge is -2.18. The number of rotatable bonds is 14. The fraction of sp³-hybridized carbons (Fsp3) is 0.417. The summed E-state index contributed by atoms with van der Waals surface area (Å²) < 4.78 is 14.4. The normalized spacial score (nSPS) is 13.4. The van der Waals surface area contributed by atoms with Crippen LogP contribution in [0.4, 0.5) is 0 Å². The van der Waals surface area contributed by atoms with Crippen molar-refractivity contribution >= 4 is 34.8 Å². The monoisotopic (exact) mass is 489 g/mol. The Labute approximate surface area is 205 Å². The molecule has 0 aliphatic rings. The first kappa shape index (κ1) is 27.3. The highest BCUT2D eigenvalue weighted by Gasteiger charge is 2.23. The second kappa shape index (κ2) is 14.3. The number of amidine groups is 1. The number of hydrogen-bond acceptors (Lipinski definition) is 8. The number of allylic oxidation sites excluding steroid dienone is 1. The zero-order valence-corrected chi connectivity index (χ0v) is 21.0. The number of nitrogens with one attached hydrogen (secondary N) is 2. The van der Waals surface area contributed by atoms with Gasteiger partial charge >= 0.3 is 0 Å². The molecule has 186 valence electrons. The quantitative estimate of drug-likeness (QED) is 0.103. The molecular weight excluding hydrogens is 454 g/mol.